The molecule has 0 aliphatic carbocycles. The van der Waals surface area contributed by atoms with E-state index in [1.165, 1.54) is 0 Å². The van der Waals surface area contributed by atoms with Gasteiger partial charge in [-0.05, 0) is 36.6 Å². The molecule has 0 saturated carbocycles. The zero-order valence-corrected chi connectivity index (χ0v) is 8.17. The quantitative estimate of drug-likeness (QED) is 0.589. The molecule has 0 aliphatic rings. The molecule has 1 rings (SSSR count). The second-order valence-electron chi connectivity index (χ2n) is 3.41. The predicted molar refractivity (Wildman–Crippen MR) is 56.3 cm³/mol. The molecule has 72 valence electrons. The van der Waals surface area contributed by atoms with Crippen molar-refractivity contribution in [1.82, 2.24) is 0 Å². The summed E-state index contributed by atoms with van der Waals surface area (Å²) in [7, 11) is 0. The molecular formula is C10H17N3. The molecule has 0 amide bonds. The van der Waals surface area contributed by atoms with Gasteiger partial charge < -0.3 is 17.2 Å². The predicted octanol–water partition coefficient (Wildman–Crippen LogP) is 0.844. The number of benzene rings is 1. The minimum Gasteiger partial charge on any atom is -0.399 e. The molecular weight excluding hydrogens is 162 g/mol. The highest BCUT2D eigenvalue weighted by molar-refractivity contribution is 5.51. The van der Waals surface area contributed by atoms with Crippen LogP contribution < -0.4 is 17.2 Å². The Hall–Kier alpha value is -1.06. The van der Waals surface area contributed by atoms with Crippen LogP contribution in [0.2, 0.25) is 0 Å². The summed E-state index contributed by atoms with van der Waals surface area (Å²) in [5.41, 5.74) is 21.2. The second kappa shape index (κ2) is 3.77. The van der Waals surface area contributed by atoms with Gasteiger partial charge in [0.15, 0.2) is 0 Å². The van der Waals surface area contributed by atoms with Crippen molar-refractivity contribution >= 4 is 5.69 Å². The lowest BCUT2D eigenvalue weighted by molar-refractivity contribution is 0.731. The number of hydrogen-bond donors (Lipinski definition) is 3. The van der Waals surface area contributed by atoms with E-state index in [2.05, 4.69) is 0 Å². The lowest BCUT2D eigenvalue weighted by Crippen LogP contribution is -2.21. The van der Waals surface area contributed by atoms with Gasteiger partial charge in [-0.25, -0.2) is 0 Å². The Labute approximate surface area is 78.9 Å². The lowest BCUT2D eigenvalue weighted by Gasteiger charge is -2.14. The third kappa shape index (κ3) is 1.99. The highest BCUT2D eigenvalue weighted by Crippen LogP contribution is 2.21. The Morgan fingerprint density at radius 2 is 1.85 bits per heavy atom. The number of aryl methyl sites for hydroxylation is 2. The maximum absolute atomic E-state index is 5.85. The molecule has 0 saturated heterocycles. The van der Waals surface area contributed by atoms with Gasteiger partial charge in [-0.1, -0.05) is 6.07 Å². The molecule has 3 nitrogen and oxygen atoms in total. The molecule has 0 aromatic heterocycles. The minimum absolute atomic E-state index is 0.0840. The first-order valence-electron chi connectivity index (χ1n) is 4.38. The Bertz CT molecular complexity index is 307. The average molecular weight is 179 g/mol. The van der Waals surface area contributed by atoms with E-state index in [-0.39, 0.29) is 6.04 Å². The van der Waals surface area contributed by atoms with Crippen molar-refractivity contribution in [2.75, 3.05) is 12.3 Å². The van der Waals surface area contributed by atoms with Gasteiger partial charge in [0.25, 0.3) is 0 Å². The smallest absolute Gasteiger partial charge is 0.0422 e. The lowest BCUT2D eigenvalue weighted by atomic mass is 9.98. The molecule has 1 aromatic rings. The Kier molecular flexibility index (Phi) is 2.90. The second-order valence-corrected chi connectivity index (χ2v) is 3.41. The average Bonchev–Trinajstić information content (AvgIpc) is 2.10. The fourth-order valence-electron chi connectivity index (χ4n) is 1.39. The normalized spacial score (nSPS) is 12.9. The van der Waals surface area contributed by atoms with Gasteiger partial charge in [-0.2, -0.15) is 0 Å². The van der Waals surface area contributed by atoms with Crippen LogP contribution in [0.1, 0.15) is 22.7 Å². The van der Waals surface area contributed by atoms with E-state index in [0.29, 0.717) is 6.54 Å². The van der Waals surface area contributed by atoms with Crippen LogP contribution in [0.5, 0.6) is 0 Å². The van der Waals surface area contributed by atoms with Crippen LogP contribution >= 0.6 is 0 Å². The molecule has 0 spiro atoms. The Morgan fingerprint density at radius 1 is 1.23 bits per heavy atom. The van der Waals surface area contributed by atoms with Crippen LogP contribution in [-0.4, -0.2) is 6.54 Å². The maximum Gasteiger partial charge on any atom is 0.0422 e. The van der Waals surface area contributed by atoms with Gasteiger partial charge in [-0.3, -0.25) is 0 Å². The van der Waals surface area contributed by atoms with Crippen molar-refractivity contribution in [3.63, 3.8) is 0 Å². The van der Waals surface area contributed by atoms with Crippen molar-refractivity contribution < 1.29 is 0 Å². The third-order valence-electron chi connectivity index (χ3n) is 2.31. The van der Waals surface area contributed by atoms with E-state index >= 15 is 0 Å². The molecule has 0 unspecified atom stereocenters. The standard InChI is InChI=1S/C10H17N3/c1-6-4-9(12)7(2)3-8(6)10(13)5-11/h3-4,10H,5,11-13H2,1-2H3/t10-/m1/s1. The van der Waals surface area contributed by atoms with Gasteiger partial charge >= 0.3 is 0 Å². The van der Waals surface area contributed by atoms with E-state index in [0.717, 1.165) is 22.4 Å². The van der Waals surface area contributed by atoms with E-state index in [1.54, 1.807) is 0 Å². The monoisotopic (exact) mass is 179 g/mol. The van der Waals surface area contributed by atoms with E-state index in [1.807, 2.05) is 26.0 Å². The van der Waals surface area contributed by atoms with E-state index < -0.39 is 0 Å². The summed E-state index contributed by atoms with van der Waals surface area (Å²) in [6.45, 7) is 4.44. The highest BCUT2D eigenvalue weighted by Gasteiger charge is 2.08. The van der Waals surface area contributed by atoms with Gasteiger partial charge in [0.2, 0.25) is 0 Å². The number of hydrogen-bond acceptors (Lipinski definition) is 3. The number of rotatable bonds is 2. The summed E-state index contributed by atoms with van der Waals surface area (Å²) in [4.78, 5) is 0. The van der Waals surface area contributed by atoms with Crippen molar-refractivity contribution in [3.8, 4) is 0 Å². The summed E-state index contributed by atoms with van der Waals surface area (Å²) in [5, 5.41) is 0. The zero-order valence-electron chi connectivity index (χ0n) is 8.17. The number of nitrogens with two attached hydrogens (primary N) is 3. The summed E-state index contributed by atoms with van der Waals surface area (Å²) in [5.74, 6) is 0. The van der Waals surface area contributed by atoms with Gasteiger partial charge in [0, 0.05) is 18.3 Å². The van der Waals surface area contributed by atoms with Gasteiger partial charge in [-0.15, -0.1) is 0 Å². The van der Waals surface area contributed by atoms with Crippen molar-refractivity contribution in [3.05, 3.63) is 28.8 Å². The SMILES string of the molecule is Cc1cc([C@H](N)CN)c(C)cc1N. The summed E-state index contributed by atoms with van der Waals surface area (Å²) in [6.07, 6.45) is 0. The Morgan fingerprint density at radius 3 is 2.38 bits per heavy atom. The van der Waals surface area contributed by atoms with Crippen LogP contribution in [0, 0.1) is 13.8 Å². The Balaban J connectivity index is 3.15. The van der Waals surface area contributed by atoms with Crippen LogP contribution in [0.25, 0.3) is 0 Å². The van der Waals surface area contributed by atoms with Crippen LogP contribution in [0.4, 0.5) is 5.69 Å². The first kappa shape index (κ1) is 10.0. The van der Waals surface area contributed by atoms with E-state index in [4.69, 9.17) is 17.2 Å². The molecule has 0 aliphatic heterocycles. The molecule has 13 heavy (non-hydrogen) atoms. The maximum atomic E-state index is 5.85. The number of nitrogen functional groups attached to an aromatic ring is 1. The third-order valence-corrected chi connectivity index (χ3v) is 2.31. The first-order valence-corrected chi connectivity index (χ1v) is 4.38. The topological polar surface area (TPSA) is 78.1 Å². The molecule has 0 bridgehead atoms. The fraction of sp³-hybridized carbons (Fsp3) is 0.400. The molecule has 1 aromatic carbocycles. The van der Waals surface area contributed by atoms with Gasteiger partial charge in [0.1, 0.15) is 0 Å². The van der Waals surface area contributed by atoms with Crippen molar-refractivity contribution in [2.45, 2.75) is 19.9 Å². The molecule has 3 heteroatoms. The zero-order chi connectivity index (χ0) is 10.0. The minimum atomic E-state index is -0.0840. The van der Waals surface area contributed by atoms with Crippen molar-refractivity contribution in [1.29, 1.82) is 0 Å². The first-order chi connectivity index (χ1) is 6.06. The van der Waals surface area contributed by atoms with Crippen molar-refractivity contribution in [2.24, 2.45) is 11.5 Å². The molecule has 0 fully saturated rings. The molecule has 6 N–H and O–H groups in total. The summed E-state index contributed by atoms with van der Waals surface area (Å²) >= 11 is 0. The van der Waals surface area contributed by atoms with Gasteiger partial charge in [0.05, 0.1) is 0 Å². The molecule has 0 radical (unpaired) electrons. The number of anilines is 1. The van der Waals surface area contributed by atoms with Crippen LogP contribution in [0.15, 0.2) is 12.1 Å². The molecule has 1 atom stereocenters. The van der Waals surface area contributed by atoms with Crippen LogP contribution in [0.3, 0.4) is 0 Å². The molecule has 0 heterocycles. The summed E-state index contributed by atoms with van der Waals surface area (Å²) in [6, 6.07) is 3.88. The largest absolute Gasteiger partial charge is 0.399 e. The fourth-order valence-corrected chi connectivity index (χ4v) is 1.39. The summed E-state index contributed by atoms with van der Waals surface area (Å²) < 4.78 is 0. The van der Waals surface area contributed by atoms with E-state index in [9.17, 15) is 0 Å². The van der Waals surface area contributed by atoms with Crippen LogP contribution in [-0.2, 0) is 0 Å². The highest BCUT2D eigenvalue weighted by atomic mass is 14.7.